The third-order valence-corrected chi connectivity index (χ3v) is 3.81. The maximum Gasteiger partial charge on any atom is 0.269 e. The van der Waals surface area contributed by atoms with Crippen LogP contribution in [0.4, 0.5) is 0 Å². The molecular formula is C15H17N5O2. The zero-order valence-electron chi connectivity index (χ0n) is 12.2. The summed E-state index contributed by atoms with van der Waals surface area (Å²) in [4.78, 5) is 29.1. The second kappa shape index (κ2) is 5.97. The summed E-state index contributed by atoms with van der Waals surface area (Å²) in [6.07, 6.45) is 4.98. The van der Waals surface area contributed by atoms with Crippen molar-refractivity contribution < 1.29 is 9.59 Å². The van der Waals surface area contributed by atoms with Gasteiger partial charge in [-0.2, -0.15) is 5.10 Å². The molecule has 3 rings (SSSR count). The molecule has 1 aliphatic heterocycles. The van der Waals surface area contributed by atoms with Crippen LogP contribution in [0.2, 0.25) is 0 Å². The Balaban J connectivity index is 1.60. The minimum absolute atomic E-state index is 0.0797. The molecule has 22 heavy (non-hydrogen) atoms. The average molecular weight is 299 g/mol. The van der Waals surface area contributed by atoms with Crippen LogP contribution >= 0.6 is 0 Å². The van der Waals surface area contributed by atoms with Gasteiger partial charge in [-0.3, -0.25) is 19.7 Å². The predicted molar refractivity (Wildman–Crippen MR) is 79.9 cm³/mol. The Morgan fingerprint density at radius 1 is 1.36 bits per heavy atom. The van der Waals surface area contributed by atoms with Gasteiger partial charge in [0.2, 0.25) is 5.91 Å². The van der Waals surface area contributed by atoms with E-state index in [-0.39, 0.29) is 11.8 Å². The standard InChI is InChI=1S/C15H17N5O2/c1-10(21)20-8-11(9-20)6-17-15(22)14-13(7-18-19-14)12-2-4-16-5-3-12/h2-5,7,11H,6,8-9H2,1H3,(H,17,22)(H,18,19). The molecule has 0 aliphatic carbocycles. The van der Waals surface area contributed by atoms with Crippen molar-refractivity contribution in [2.75, 3.05) is 19.6 Å². The summed E-state index contributed by atoms with van der Waals surface area (Å²) in [5, 5.41) is 9.59. The van der Waals surface area contributed by atoms with E-state index in [0.717, 1.165) is 11.1 Å². The molecule has 2 amide bonds. The number of hydrogen-bond donors (Lipinski definition) is 2. The van der Waals surface area contributed by atoms with Crippen molar-refractivity contribution >= 4 is 11.8 Å². The lowest BCUT2D eigenvalue weighted by Crippen LogP contribution is -2.53. The van der Waals surface area contributed by atoms with Crippen LogP contribution in [0.3, 0.4) is 0 Å². The second-order valence-corrected chi connectivity index (χ2v) is 5.39. The molecule has 0 bridgehead atoms. The number of carbonyl (C=O) groups is 2. The lowest BCUT2D eigenvalue weighted by atomic mass is 10.00. The first kappa shape index (κ1) is 14.2. The highest BCUT2D eigenvalue weighted by Crippen LogP contribution is 2.21. The quantitative estimate of drug-likeness (QED) is 0.868. The topological polar surface area (TPSA) is 91.0 Å². The highest BCUT2D eigenvalue weighted by atomic mass is 16.2. The Bertz CT molecular complexity index is 676. The minimum Gasteiger partial charge on any atom is -0.350 e. The first-order valence-corrected chi connectivity index (χ1v) is 7.12. The van der Waals surface area contributed by atoms with Crippen LogP contribution in [0.25, 0.3) is 11.1 Å². The maximum absolute atomic E-state index is 12.3. The predicted octanol–water partition coefficient (Wildman–Crippen LogP) is 0.680. The van der Waals surface area contributed by atoms with Crippen molar-refractivity contribution in [2.24, 2.45) is 5.92 Å². The smallest absolute Gasteiger partial charge is 0.269 e. The van der Waals surface area contributed by atoms with E-state index in [9.17, 15) is 9.59 Å². The summed E-state index contributed by atoms with van der Waals surface area (Å²) in [5.41, 5.74) is 2.08. The molecular weight excluding hydrogens is 282 g/mol. The maximum atomic E-state index is 12.3. The van der Waals surface area contributed by atoms with Crippen LogP contribution in [-0.2, 0) is 4.79 Å². The third kappa shape index (κ3) is 2.83. The zero-order chi connectivity index (χ0) is 15.5. The number of rotatable bonds is 4. The van der Waals surface area contributed by atoms with Crippen molar-refractivity contribution in [3.8, 4) is 11.1 Å². The molecule has 0 unspecified atom stereocenters. The number of nitrogens with one attached hydrogen (secondary N) is 2. The summed E-state index contributed by atoms with van der Waals surface area (Å²) < 4.78 is 0. The van der Waals surface area contributed by atoms with Crippen LogP contribution < -0.4 is 5.32 Å². The van der Waals surface area contributed by atoms with Gasteiger partial charge >= 0.3 is 0 Å². The largest absolute Gasteiger partial charge is 0.350 e. The minimum atomic E-state index is -0.189. The monoisotopic (exact) mass is 299 g/mol. The molecule has 0 spiro atoms. The Morgan fingerprint density at radius 3 is 2.77 bits per heavy atom. The Kier molecular flexibility index (Phi) is 3.86. The normalized spacial score (nSPS) is 14.5. The number of carbonyl (C=O) groups excluding carboxylic acids is 2. The lowest BCUT2D eigenvalue weighted by molar-refractivity contribution is -0.134. The summed E-state index contributed by atoms with van der Waals surface area (Å²) in [5.74, 6) is 0.210. The number of nitrogens with zero attached hydrogens (tertiary/aromatic N) is 3. The lowest BCUT2D eigenvalue weighted by Gasteiger charge is -2.38. The van der Waals surface area contributed by atoms with Crippen LogP contribution in [0.15, 0.2) is 30.7 Å². The highest BCUT2D eigenvalue weighted by molar-refractivity contribution is 5.98. The van der Waals surface area contributed by atoms with Crippen molar-refractivity contribution in [3.63, 3.8) is 0 Å². The van der Waals surface area contributed by atoms with Gasteiger partial charge in [-0.05, 0) is 17.7 Å². The summed E-state index contributed by atoms with van der Waals surface area (Å²) in [7, 11) is 0. The van der Waals surface area contributed by atoms with Gasteiger partial charge in [-0.25, -0.2) is 0 Å². The van der Waals surface area contributed by atoms with Gasteiger partial charge in [-0.1, -0.05) is 0 Å². The van der Waals surface area contributed by atoms with Gasteiger partial charge in [0.25, 0.3) is 5.91 Å². The number of H-pyrrole nitrogens is 1. The van der Waals surface area contributed by atoms with Crippen LogP contribution in [0.5, 0.6) is 0 Å². The van der Waals surface area contributed by atoms with Crippen molar-refractivity contribution in [1.29, 1.82) is 0 Å². The molecule has 7 heteroatoms. The van der Waals surface area contributed by atoms with E-state index in [4.69, 9.17) is 0 Å². The van der Waals surface area contributed by atoms with Gasteiger partial charge in [0, 0.05) is 50.4 Å². The van der Waals surface area contributed by atoms with E-state index in [0.29, 0.717) is 31.2 Å². The zero-order valence-corrected chi connectivity index (χ0v) is 12.2. The first-order chi connectivity index (χ1) is 10.6. The van der Waals surface area contributed by atoms with E-state index < -0.39 is 0 Å². The molecule has 0 atom stereocenters. The Labute approximate surface area is 127 Å². The molecule has 2 N–H and O–H groups in total. The van der Waals surface area contributed by atoms with E-state index in [2.05, 4.69) is 20.5 Å². The molecule has 1 saturated heterocycles. The van der Waals surface area contributed by atoms with Gasteiger partial charge < -0.3 is 10.2 Å². The van der Waals surface area contributed by atoms with Crippen LogP contribution in [-0.4, -0.2) is 51.5 Å². The van der Waals surface area contributed by atoms with E-state index in [1.54, 1.807) is 30.4 Å². The summed E-state index contributed by atoms with van der Waals surface area (Å²) >= 11 is 0. The van der Waals surface area contributed by atoms with Crippen LogP contribution in [0.1, 0.15) is 17.4 Å². The Hall–Kier alpha value is -2.70. The molecule has 2 aromatic heterocycles. The van der Waals surface area contributed by atoms with Gasteiger partial charge in [0.05, 0.1) is 6.20 Å². The average Bonchev–Trinajstić information content (AvgIpc) is 2.95. The number of aromatic nitrogens is 3. The SMILES string of the molecule is CC(=O)N1CC(CNC(=O)c2[nH]ncc2-c2ccncc2)C1. The third-order valence-electron chi connectivity index (χ3n) is 3.81. The van der Waals surface area contributed by atoms with Gasteiger partial charge in [0.1, 0.15) is 5.69 Å². The van der Waals surface area contributed by atoms with E-state index in [1.807, 2.05) is 12.1 Å². The molecule has 0 saturated carbocycles. The molecule has 114 valence electrons. The number of hydrogen-bond acceptors (Lipinski definition) is 4. The van der Waals surface area contributed by atoms with E-state index in [1.165, 1.54) is 0 Å². The van der Waals surface area contributed by atoms with Gasteiger partial charge in [-0.15, -0.1) is 0 Å². The molecule has 2 aromatic rings. The van der Waals surface area contributed by atoms with Crippen molar-refractivity contribution in [2.45, 2.75) is 6.92 Å². The fourth-order valence-electron chi connectivity index (χ4n) is 2.49. The molecule has 1 aliphatic rings. The molecule has 0 aromatic carbocycles. The molecule has 1 fully saturated rings. The van der Waals surface area contributed by atoms with E-state index >= 15 is 0 Å². The van der Waals surface area contributed by atoms with Crippen molar-refractivity contribution in [1.82, 2.24) is 25.4 Å². The fourth-order valence-corrected chi connectivity index (χ4v) is 2.49. The molecule has 0 radical (unpaired) electrons. The van der Waals surface area contributed by atoms with Crippen LogP contribution in [0, 0.1) is 5.92 Å². The van der Waals surface area contributed by atoms with Gasteiger partial charge in [0.15, 0.2) is 0 Å². The molecule has 7 nitrogen and oxygen atoms in total. The summed E-state index contributed by atoms with van der Waals surface area (Å²) in [6.45, 7) is 3.52. The fraction of sp³-hybridized carbons (Fsp3) is 0.333. The number of aromatic amines is 1. The first-order valence-electron chi connectivity index (χ1n) is 7.12. The number of likely N-dealkylation sites (tertiary alicyclic amines) is 1. The second-order valence-electron chi connectivity index (χ2n) is 5.39. The summed E-state index contributed by atoms with van der Waals surface area (Å²) in [6, 6.07) is 3.66. The molecule has 3 heterocycles. The Morgan fingerprint density at radius 2 is 2.09 bits per heavy atom. The number of pyridine rings is 1. The van der Waals surface area contributed by atoms with Crippen molar-refractivity contribution in [3.05, 3.63) is 36.4 Å². The highest BCUT2D eigenvalue weighted by Gasteiger charge is 2.29. The number of amides is 2.